The number of piperidine rings is 1. The number of hydrogen-bond donors (Lipinski definition) is 0. The van der Waals surface area contributed by atoms with Gasteiger partial charge in [-0.05, 0) is 55.0 Å². The lowest BCUT2D eigenvalue weighted by molar-refractivity contribution is -0.133. The molecule has 0 N–H and O–H groups in total. The molecule has 1 saturated heterocycles. The number of carbonyl (C=O) groups is 4. The molecule has 1 atom stereocenters. The molecule has 0 radical (unpaired) electrons. The Morgan fingerprint density at radius 3 is 2.46 bits per heavy atom. The third-order valence-electron chi connectivity index (χ3n) is 7.43. The van der Waals surface area contributed by atoms with Crippen LogP contribution >= 0.6 is 0 Å². The lowest BCUT2D eigenvalue weighted by Crippen LogP contribution is -2.44. The third kappa shape index (κ3) is 4.72. The highest BCUT2D eigenvalue weighted by Crippen LogP contribution is 2.34. The van der Waals surface area contributed by atoms with Crippen molar-refractivity contribution in [1.29, 1.82) is 0 Å². The molecule has 2 fully saturated rings. The number of carbonyl (C=O) groups excluding carboxylic acids is 4. The predicted molar refractivity (Wildman–Crippen MR) is 129 cm³/mol. The number of Topliss-reactive ketones (excluding diaryl/α,β-unsaturated/α-hetero) is 2. The topological polar surface area (TPSA) is 84.0 Å². The number of likely N-dealkylation sites (tertiary alicyclic amines) is 1. The van der Waals surface area contributed by atoms with Crippen molar-refractivity contribution in [3.63, 3.8) is 0 Å². The van der Waals surface area contributed by atoms with E-state index in [9.17, 15) is 19.2 Å². The van der Waals surface area contributed by atoms with Gasteiger partial charge in [-0.25, -0.2) is 0 Å². The molecule has 7 nitrogen and oxygen atoms in total. The molecule has 2 aromatic rings. The maximum Gasteiger partial charge on any atom is 0.255 e. The lowest BCUT2D eigenvalue weighted by Gasteiger charge is -2.30. The van der Waals surface area contributed by atoms with Gasteiger partial charge in [0.1, 0.15) is 18.1 Å². The van der Waals surface area contributed by atoms with Gasteiger partial charge in [-0.3, -0.25) is 19.2 Å². The third-order valence-corrected chi connectivity index (χ3v) is 7.43. The molecular weight excluding hydrogens is 444 g/mol. The quantitative estimate of drug-likeness (QED) is 0.616. The van der Waals surface area contributed by atoms with Crippen molar-refractivity contribution in [3.05, 3.63) is 64.7 Å². The normalized spacial score (nSPS) is 20.8. The van der Waals surface area contributed by atoms with Crippen molar-refractivity contribution in [2.24, 2.45) is 5.92 Å². The van der Waals surface area contributed by atoms with Gasteiger partial charge in [0.25, 0.3) is 11.8 Å². The maximum absolute atomic E-state index is 13.0. The smallest absolute Gasteiger partial charge is 0.255 e. The van der Waals surface area contributed by atoms with Crippen molar-refractivity contribution in [3.8, 4) is 5.75 Å². The van der Waals surface area contributed by atoms with Gasteiger partial charge in [0, 0.05) is 36.2 Å². The zero-order valence-electron chi connectivity index (χ0n) is 20.0. The van der Waals surface area contributed by atoms with Gasteiger partial charge in [0.05, 0.1) is 19.0 Å². The van der Waals surface area contributed by atoms with Crippen molar-refractivity contribution >= 4 is 23.4 Å². The van der Waals surface area contributed by atoms with E-state index >= 15 is 0 Å². The van der Waals surface area contributed by atoms with Gasteiger partial charge in [-0.15, -0.1) is 0 Å². The predicted octanol–water partition coefficient (Wildman–Crippen LogP) is 3.78. The second-order valence-electron chi connectivity index (χ2n) is 9.91. The van der Waals surface area contributed by atoms with Gasteiger partial charge in [-0.1, -0.05) is 25.1 Å². The molecule has 2 aromatic carbocycles. The van der Waals surface area contributed by atoms with E-state index in [1.165, 1.54) is 0 Å². The van der Waals surface area contributed by atoms with Crippen LogP contribution in [0.2, 0.25) is 0 Å². The van der Waals surface area contributed by atoms with E-state index in [-0.39, 0.29) is 29.8 Å². The van der Waals surface area contributed by atoms with Crippen LogP contribution in [-0.2, 0) is 22.7 Å². The van der Waals surface area contributed by atoms with Crippen LogP contribution < -0.4 is 4.74 Å². The highest BCUT2D eigenvalue weighted by molar-refractivity contribution is 6.07. The summed E-state index contributed by atoms with van der Waals surface area (Å²) >= 11 is 0. The van der Waals surface area contributed by atoms with Crippen molar-refractivity contribution in [2.75, 3.05) is 13.1 Å². The minimum absolute atomic E-state index is 0.0577. The van der Waals surface area contributed by atoms with E-state index in [4.69, 9.17) is 4.74 Å². The average molecular weight is 475 g/mol. The molecule has 5 rings (SSSR count). The Morgan fingerprint density at radius 2 is 1.74 bits per heavy atom. The zero-order chi connectivity index (χ0) is 24.5. The van der Waals surface area contributed by atoms with Crippen LogP contribution in [0, 0.1) is 5.92 Å². The standard InChI is InChI=1S/C28H30N2O5/c1-18-11-13-29(14-12-18)27(33)20-7-5-19(6-8-20)17-35-26-4-2-3-22-23(26)16-30(28(22)34)24-10-9-21(31)15-25(24)32/h2-8,18,24H,9-17H2,1H3. The zero-order valence-corrected chi connectivity index (χ0v) is 20.0. The molecule has 2 amide bonds. The SMILES string of the molecule is CC1CCN(C(=O)c2ccc(COc3cccc4c3CN(C3CCC(=O)CC3=O)C4=O)cc2)CC1. The summed E-state index contributed by atoms with van der Waals surface area (Å²) in [6.45, 7) is 4.45. The molecule has 1 unspecified atom stereocenters. The summed E-state index contributed by atoms with van der Waals surface area (Å²) in [5, 5.41) is 0. The molecule has 1 aliphatic carbocycles. The number of benzene rings is 2. The number of nitrogens with zero attached hydrogens (tertiary/aromatic N) is 2. The second kappa shape index (κ2) is 9.64. The fraction of sp³-hybridized carbons (Fsp3) is 0.429. The van der Waals surface area contributed by atoms with Gasteiger partial charge in [0.15, 0.2) is 5.78 Å². The molecule has 2 heterocycles. The number of ether oxygens (including phenoxy) is 1. The van der Waals surface area contributed by atoms with Gasteiger partial charge in [-0.2, -0.15) is 0 Å². The molecule has 182 valence electrons. The average Bonchev–Trinajstić information content (AvgIpc) is 3.20. The van der Waals surface area contributed by atoms with Crippen molar-refractivity contribution in [2.45, 2.75) is 58.2 Å². The molecule has 2 aliphatic heterocycles. The minimum atomic E-state index is -0.548. The van der Waals surface area contributed by atoms with E-state index in [0.717, 1.165) is 37.1 Å². The summed E-state index contributed by atoms with van der Waals surface area (Å²) in [6.07, 6.45) is 2.71. The Labute approximate surface area is 205 Å². The van der Waals surface area contributed by atoms with E-state index < -0.39 is 6.04 Å². The molecule has 0 aromatic heterocycles. The number of rotatable bonds is 5. The molecule has 35 heavy (non-hydrogen) atoms. The Morgan fingerprint density at radius 1 is 1.00 bits per heavy atom. The summed E-state index contributed by atoms with van der Waals surface area (Å²) < 4.78 is 6.08. The molecule has 3 aliphatic rings. The summed E-state index contributed by atoms with van der Waals surface area (Å²) in [4.78, 5) is 53.3. The number of hydrogen-bond acceptors (Lipinski definition) is 5. The first kappa shape index (κ1) is 23.3. The Balaban J connectivity index is 1.23. The number of amides is 2. The van der Waals surface area contributed by atoms with Crippen LogP contribution in [-0.4, -0.2) is 52.3 Å². The Hall–Kier alpha value is -3.48. The summed E-state index contributed by atoms with van der Waals surface area (Å²) in [7, 11) is 0. The molecule has 0 spiro atoms. The number of ketones is 2. The van der Waals surface area contributed by atoms with Gasteiger partial charge in [0.2, 0.25) is 0 Å². The van der Waals surface area contributed by atoms with Crippen LogP contribution in [0.4, 0.5) is 0 Å². The first-order chi connectivity index (χ1) is 16.9. The summed E-state index contributed by atoms with van der Waals surface area (Å²) in [5.41, 5.74) is 2.92. The monoisotopic (exact) mass is 474 g/mol. The highest BCUT2D eigenvalue weighted by Gasteiger charge is 2.40. The van der Waals surface area contributed by atoms with E-state index in [1.54, 1.807) is 17.0 Å². The van der Waals surface area contributed by atoms with Crippen molar-refractivity contribution in [1.82, 2.24) is 9.80 Å². The van der Waals surface area contributed by atoms with E-state index in [1.807, 2.05) is 35.2 Å². The molecule has 7 heteroatoms. The molecule has 0 bridgehead atoms. The lowest BCUT2D eigenvalue weighted by atomic mass is 9.92. The fourth-order valence-corrected chi connectivity index (χ4v) is 5.20. The highest BCUT2D eigenvalue weighted by atomic mass is 16.5. The van der Waals surface area contributed by atoms with Gasteiger partial charge < -0.3 is 14.5 Å². The van der Waals surface area contributed by atoms with Crippen LogP contribution in [0.3, 0.4) is 0 Å². The van der Waals surface area contributed by atoms with Crippen LogP contribution in [0.25, 0.3) is 0 Å². The van der Waals surface area contributed by atoms with Crippen molar-refractivity contribution < 1.29 is 23.9 Å². The summed E-state index contributed by atoms with van der Waals surface area (Å²) in [6, 6.07) is 12.3. The van der Waals surface area contributed by atoms with E-state index in [2.05, 4.69) is 6.92 Å². The maximum atomic E-state index is 13.0. The minimum Gasteiger partial charge on any atom is -0.489 e. The fourth-order valence-electron chi connectivity index (χ4n) is 5.20. The molecular formula is C28H30N2O5. The van der Waals surface area contributed by atoms with Crippen LogP contribution in [0.5, 0.6) is 5.75 Å². The van der Waals surface area contributed by atoms with Gasteiger partial charge >= 0.3 is 0 Å². The Bertz CT molecular complexity index is 1160. The second-order valence-corrected chi connectivity index (χ2v) is 9.91. The van der Waals surface area contributed by atoms with E-state index in [0.29, 0.717) is 48.8 Å². The first-order valence-corrected chi connectivity index (χ1v) is 12.4. The summed E-state index contributed by atoms with van der Waals surface area (Å²) in [5.74, 6) is 0.931. The Kier molecular flexibility index (Phi) is 6.41. The largest absolute Gasteiger partial charge is 0.489 e. The molecule has 1 saturated carbocycles. The van der Waals surface area contributed by atoms with Crippen LogP contribution in [0.1, 0.15) is 70.9 Å². The van der Waals surface area contributed by atoms with Crippen LogP contribution in [0.15, 0.2) is 42.5 Å². The number of fused-ring (bicyclic) bond motifs is 1. The first-order valence-electron chi connectivity index (χ1n) is 12.4.